The Bertz CT molecular complexity index is 1250. The van der Waals surface area contributed by atoms with Crippen molar-refractivity contribution >= 4 is 5.91 Å². The van der Waals surface area contributed by atoms with Crippen molar-refractivity contribution in [2.45, 2.75) is 32.4 Å². The van der Waals surface area contributed by atoms with E-state index in [2.05, 4.69) is 32.6 Å². The molecule has 0 saturated heterocycles. The fourth-order valence-electron chi connectivity index (χ4n) is 3.92. The van der Waals surface area contributed by atoms with Gasteiger partial charge in [-0.3, -0.25) is 4.79 Å². The third-order valence-corrected chi connectivity index (χ3v) is 5.50. The summed E-state index contributed by atoms with van der Waals surface area (Å²) in [6, 6.07) is 14.1. The zero-order valence-corrected chi connectivity index (χ0v) is 16.9. The van der Waals surface area contributed by atoms with Crippen molar-refractivity contribution in [1.82, 2.24) is 25.0 Å². The summed E-state index contributed by atoms with van der Waals surface area (Å²) < 4.78 is 20.2. The monoisotopic (exact) mass is 417 g/mol. The van der Waals surface area contributed by atoms with Crippen LogP contribution in [0.4, 0.5) is 4.39 Å². The number of halogens is 1. The lowest BCUT2D eigenvalue weighted by Crippen LogP contribution is -2.30. The third-order valence-electron chi connectivity index (χ3n) is 5.50. The Labute approximate surface area is 177 Å². The highest BCUT2D eigenvalue weighted by Gasteiger charge is 2.24. The summed E-state index contributed by atoms with van der Waals surface area (Å²) >= 11 is 0. The molecule has 0 saturated carbocycles. The second-order valence-corrected chi connectivity index (χ2v) is 7.59. The molecule has 5 rings (SSSR count). The van der Waals surface area contributed by atoms with Crippen molar-refractivity contribution in [3.05, 3.63) is 77.5 Å². The molecule has 1 aliphatic carbocycles. The van der Waals surface area contributed by atoms with E-state index in [4.69, 9.17) is 4.52 Å². The number of imidazole rings is 1. The highest BCUT2D eigenvalue weighted by atomic mass is 19.1. The molecule has 0 unspecified atom stereocenters. The molecule has 0 radical (unpaired) electrons. The van der Waals surface area contributed by atoms with E-state index in [1.807, 2.05) is 19.1 Å². The Kier molecular flexibility index (Phi) is 4.82. The fourth-order valence-corrected chi connectivity index (χ4v) is 3.92. The zero-order valence-electron chi connectivity index (χ0n) is 16.9. The number of aryl methyl sites for hydroxylation is 2. The third kappa shape index (κ3) is 3.84. The molecule has 0 spiro atoms. The van der Waals surface area contributed by atoms with Crippen LogP contribution in [0.25, 0.3) is 23.0 Å². The van der Waals surface area contributed by atoms with Gasteiger partial charge < -0.3 is 14.4 Å². The number of benzene rings is 2. The normalized spacial score (nSPS) is 15.1. The van der Waals surface area contributed by atoms with Crippen LogP contribution in [0.15, 0.2) is 59.3 Å². The van der Waals surface area contributed by atoms with Crippen molar-refractivity contribution in [3.8, 4) is 23.0 Å². The first-order valence-electron chi connectivity index (χ1n) is 10.1. The predicted octanol–water partition coefficient (Wildman–Crippen LogP) is 3.85. The van der Waals surface area contributed by atoms with Gasteiger partial charge in [-0.05, 0) is 55.2 Å². The molecule has 31 heavy (non-hydrogen) atoms. The van der Waals surface area contributed by atoms with Crippen LogP contribution in [-0.2, 0) is 17.8 Å². The van der Waals surface area contributed by atoms with Gasteiger partial charge in [0.1, 0.15) is 23.9 Å². The number of carbonyl (C=O) groups is 1. The average Bonchev–Trinajstić information content (AvgIpc) is 3.49. The maximum absolute atomic E-state index is 13.1. The minimum atomic E-state index is -0.336. The highest BCUT2D eigenvalue weighted by Crippen LogP contribution is 2.30. The van der Waals surface area contributed by atoms with Crippen LogP contribution >= 0.6 is 0 Å². The summed E-state index contributed by atoms with van der Waals surface area (Å²) in [5, 5.41) is 7.09. The van der Waals surface area contributed by atoms with Crippen molar-refractivity contribution in [2.24, 2.45) is 0 Å². The summed E-state index contributed by atoms with van der Waals surface area (Å²) in [7, 11) is 0. The van der Waals surface area contributed by atoms with Crippen LogP contribution < -0.4 is 5.32 Å². The number of aromatic nitrogens is 4. The van der Waals surface area contributed by atoms with E-state index >= 15 is 0 Å². The lowest BCUT2D eigenvalue weighted by Gasteiger charge is -2.14. The molecular formula is C23H20FN5O2. The van der Waals surface area contributed by atoms with Crippen molar-refractivity contribution in [1.29, 1.82) is 0 Å². The smallest absolute Gasteiger partial charge is 0.258 e. The molecule has 156 valence electrons. The van der Waals surface area contributed by atoms with Gasteiger partial charge >= 0.3 is 0 Å². The molecule has 2 aromatic heterocycles. The van der Waals surface area contributed by atoms with Gasteiger partial charge in [0.25, 0.3) is 5.89 Å². The lowest BCUT2D eigenvalue weighted by molar-refractivity contribution is -0.122. The molecule has 1 amide bonds. The zero-order chi connectivity index (χ0) is 21.4. The molecule has 1 aliphatic rings. The molecule has 0 fully saturated rings. The second kappa shape index (κ2) is 7.79. The molecule has 0 aliphatic heterocycles. The van der Waals surface area contributed by atoms with Crippen LogP contribution in [0.5, 0.6) is 0 Å². The van der Waals surface area contributed by atoms with Crippen molar-refractivity contribution < 1.29 is 13.7 Å². The minimum absolute atomic E-state index is 0.0440. The summed E-state index contributed by atoms with van der Waals surface area (Å²) in [6.07, 6.45) is 3.62. The number of hydrogen-bond donors (Lipinski definition) is 1. The van der Waals surface area contributed by atoms with Gasteiger partial charge in [-0.2, -0.15) is 4.98 Å². The van der Waals surface area contributed by atoms with E-state index in [0.717, 1.165) is 12.8 Å². The van der Waals surface area contributed by atoms with Gasteiger partial charge in [-0.25, -0.2) is 9.37 Å². The van der Waals surface area contributed by atoms with Crippen LogP contribution in [0.2, 0.25) is 0 Å². The number of carbonyl (C=O) groups excluding carboxylic acids is 1. The number of nitrogens with zero attached hydrogens (tertiary/aromatic N) is 4. The molecule has 2 aromatic carbocycles. The number of amides is 1. The first kappa shape index (κ1) is 19.2. The lowest BCUT2D eigenvalue weighted by atomic mass is 10.1. The van der Waals surface area contributed by atoms with Gasteiger partial charge in [-0.15, -0.1) is 0 Å². The summed E-state index contributed by atoms with van der Waals surface area (Å²) in [5.74, 6) is 0.849. The number of rotatable bonds is 5. The molecule has 4 aromatic rings. The number of hydrogen-bond acceptors (Lipinski definition) is 5. The summed E-state index contributed by atoms with van der Waals surface area (Å²) in [4.78, 5) is 21.5. The van der Waals surface area contributed by atoms with E-state index in [9.17, 15) is 9.18 Å². The maximum Gasteiger partial charge on any atom is 0.258 e. The molecule has 0 bridgehead atoms. The Morgan fingerprint density at radius 1 is 1.19 bits per heavy atom. The summed E-state index contributed by atoms with van der Waals surface area (Å²) in [6.45, 7) is 1.97. The predicted molar refractivity (Wildman–Crippen MR) is 111 cm³/mol. The molecule has 2 heterocycles. The Morgan fingerprint density at radius 3 is 2.84 bits per heavy atom. The van der Waals surface area contributed by atoms with Crippen molar-refractivity contribution in [2.75, 3.05) is 0 Å². The van der Waals surface area contributed by atoms with Crippen LogP contribution in [0, 0.1) is 12.7 Å². The minimum Gasteiger partial charge on any atom is -0.348 e. The molecular weight excluding hydrogens is 397 g/mol. The fraction of sp³-hybridized carbons (Fsp3) is 0.217. The van der Waals surface area contributed by atoms with E-state index in [-0.39, 0.29) is 30.2 Å². The maximum atomic E-state index is 13.1. The SMILES string of the molecule is Cc1nc(-c2noc(-c3ccc(F)cc3)n2)cn1CC(=O)N[C@H]1CCc2ccccc21. The van der Waals surface area contributed by atoms with Gasteiger partial charge in [0.2, 0.25) is 11.7 Å². The second-order valence-electron chi connectivity index (χ2n) is 7.59. The van der Waals surface area contributed by atoms with E-state index in [0.29, 0.717) is 22.9 Å². The van der Waals surface area contributed by atoms with Crippen molar-refractivity contribution in [3.63, 3.8) is 0 Å². The van der Waals surface area contributed by atoms with E-state index < -0.39 is 0 Å². The Hall–Kier alpha value is -3.81. The Balaban J connectivity index is 1.29. The van der Waals surface area contributed by atoms with Gasteiger partial charge in [0.15, 0.2) is 0 Å². The van der Waals surface area contributed by atoms with Crippen LogP contribution in [-0.4, -0.2) is 25.6 Å². The van der Waals surface area contributed by atoms with Gasteiger partial charge in [-0.1, -0.05) is 29.4 Å². The largest absolute Gasteiger partial charge is 0.348 e. The standard InChI is InChI=1S/C23H20FN5O2/c1-14-25-20(22-27-23(31-28-22)16-6-9-17(24)10-7-16)12-29(14)13-21(30)26-19-11-8-15-4-2-3-5-18(15)19/h2-7,9-10,12,19H,8,11,13H2,1H3,(H,26,30)/t19-/m0/s1. The first-order chi connectivity index (χ1) is 15.1. The molecule has 7 nitrogen and oxygen atoms in total. The number of nitrogens with one attached hydrogen (secondary N) is 1. The van der Waals surface area contributed by atoms with Gasteiger partial charge in [0.05, 0.1) is 6.04 Å². The van der Waals surface area contributed by atoms with E-state index in [1.54, 1.807) is 22.9 Å². The van der Waals surface area contributed by atoms with E-state index in [1.165, 1.54) is 23.3 Å². The average molecular weight is 417 g/mol. The van der Waals surface area contributed by atoms with Crippen LogP contribution in [0.3, 0.4) is 0 Å². The quantitative estimate of drug-likeness (QED) is 0.533. The topological polar surface area (TPSA) is 85.8 Å². The van der Waals surface area contributed by atoms with Gasteiger partial charge in [0, 0.05) is 11.8 Å². The molecule has 1 N–H and O–H groups in total. The van der Waals surface area contributed by atoms with Crippen LogP contribution in [0.1, 0.15) is 29.4 Å². The molecule has 1 atom stereocenters. The summed E-state index contributed by atoms with van der Waals surface area (Å²) in [5.41, 5.74) is 3.61. The first-order valence-corrected chi connectivity index (χ1v) is 10.1. The highest BCUT2D eigenvalue weighted by molar-refractivity contribution is 5.76. The molecule has 8 heteroatoms. The Morgan fingerprint density at radius 2 is 2.00 bits per heavy atom. The number of fused-ring (bicyclic) bond motifs is 1.